The molecule has 0 aliphatic rings. The summed E-state index contributed by atoms with van der Waals surface area (Å²) >= 11 is 2.50. The topological polar surface area (TPSA) is 66.8 Å². The van der Waals surface area contributed by atoms with Crippen LogP contribution in [0.4, 0.5) is 20.8 Å². The standard InChI is InChI=1S/C20H16N8S2/c1-14-16(23-4)19(30-27-14)26-25-18-17(15-8-6-5-7-9-15)24-20(29-18)28(12-10-21-2)13-11-22-3/h5-9H,10-13H2,1H3. The maximum absolute atomic E-state index is 7.32. The summed E-state index contributed by atoms with van der Waals surface area (Å²) in [6.07, 6.45) is 0. The molecular weight excluding hydrogens is 416 g/mol. The SMILES string of the molecule is [C-]#[N+]CCN(CC[N+]#[C-])c1nc(-c2ccccc2)c(N=Nc2snc(C)c2[N+]#[C-])s1. The van der Waals surface area contributed by atoms with Crippen LogP contribution in [-0.2, 0) is 0 Å². The summed E-state index contributed by atoms with van der Waals surface area (Å²) in [5.41, 5.74) is 2.63. The minimum absolute atomic E-state index is 0.323. The van der Waals surface area contributed by atoms with Gasteiger partial charge in [-0.1, -0.05) is 41.7 Å². The molecule has 2 heterocycles. The van der Waals surface area contributed by atoms with Crippen molar-refractivity contribution in [2.45, 2.75) is 6.92 Å². The Bertz CT molecular complexity index is 1140. The minimum Gasteiger partial charge on any atom is -0.333 e. The molecule has 30 heavy (non-hydrogen) atoms. The summed E-state index contributed by atoms with van der Waals surface area (Å²) in [6.45, 7) is 24.9. The number of rotatable bonds is 8. The number of aromatic nitrogens is 2. The Balaban J connectivity index is 2.02. The van der Waals surface area contributed by atoms with Crippen LogP contribution >= 0.6 is 22.9 Å². The van der Waals surface area contributed by atoms with Crippen LogP contribution in [0.2, 0.25) is 0 Å². The third-order valence-corrected chi connectivity index (χ3v) is 5.85. The van der Waals surface area contributed by atoms with Gasteiger partial charge in [0.15, 0.2) is 15.1 Å². The fourth-order valence-electron chi connectivity index (χ4n) is 2.57. The van der Waals surface area contributed by atoms with Gasteiger partial charge in [0.25, 0.3) is 0 Å². The predicted molar refractivity (Wildman–Crippen MR) is 120 cm³/mol. The van der Waals surface area contributed by atoms with Gasteiger partial charge in [-0.05, 0) is 18.5 Å². The number of azo groups is 1. The first kappa shape index (κ1) is 21.1. The van der Waals surface area contributed by atoms with Crippen LogP contribution in [0.5, 0.6) is 0 Å². The smallest absolute Gasteiger partial charge is 0.247 e. The number of nitrogens with zero attached hydrogens (tertiary/aromatic N) is 8. The molecular formula is C20H16N8S2. The lowest BCUT2D eigenvalue weighted by Gasteiger charge is -2.15. The second kappa shape index (κ2) is 10.2. The highest BCUT2D eigenvalue weighted by atomic mass is 32.1. The van der Waals surface area contributed by atoms with E-state index in [1.54, 1.807) is 6.92 Å². The number of hydrogen-bond donors (Lipinski definition) is 0. The molecule has 3 rings (SSSR count). The minimum atomic E-state index is 0.323. The maximum Gasteiger partial charge on any atom is 0.247 e. The Morgan fingerprint density at radius 2 is 1.67 bits per heavy atom. The average Bonchev–Trinajstić information content (AvgIpc) is 3.36. The zero-order valence-electron chi connectivity index (χ0n) is 16.1. The molecule has 0 radical (unpaired) electrons. The van der Waals surface area contributed by atoms with E-state index >= 15 is 0 Å². The molecule has 0 spiro atoms. The maximum atomic E-state index is 7.32. The van der Waals surface area contributed by atoms with E-state index in [4.69, 9.17) is 24.7 Å². The third-order valence-electron chi connectivity index (χ3n) is 4.04. The van der Waals surface area contributed by atoms with Crippen molar-refractivity contribution in [2.24, 2.45) is 10.2 Å². The molecule has 0 aliphatic heterocycles. The van der Waals surface area contributed by atoms with E-state index in [1.807, 2.05) is 35.2 Å². The van der Waals surface area contributed by atoms with Gasteiger partial charge in [-0.2, -0.15) is 0 Å². The van der Waals surface area contributed by atoms with Crippen LogP contribution in [0.3, 0.4) is 0 Å². The van der Waals surface area contributed by atoms with E-state index in [-0.39, 0.29) is 0 Å². The highest BCUT2D eigenvalue weighted by Gasteiger charge is 2.19. The van der Waals surface area contributed by atoms with Gasteiger partial charge in [0.2, 0.25) is 18.8 Å². The second-order valence-corrected chi connectivity index (χ2v) is 7.71. The molecule has 0 bridgehead atoms. The molecule has 1 aromatic carbocycles. The quantitative estimate of drug-likeness (QED) is 0.315. The van der Waals surface area contributed by atoms with E-state index in [1.165, 1.54) is 11.3 Å². The van der Waals surface area contributed by atoms with Crippen molar-refractivity contribution in [3.63, 3.8) is 0 Å². The molecule has 10 heteroatoms. The summed E-state index contributed by atoms with van der Waals surface area (Å²) in [6, 6.07) is 9.67. The van der Waals surface area contributed by atoms with Crippen molar-refractivity contribution in [3.8, 4) is 11.3 Å². The van der Waals surface area contributed by atoms with Crippen LogP contribution in [0.1, 0.15) is 5.69 Å². The van der Waals surface area contributed by atoms with E-state index in [0.717, 1.165) is 17.1 Å². The van der Waals surface area contributed by atoms with Gasteiger partial charge in [-0.3, -0.25) is 0 Å². The number of anilines is 1. The van der Waals surface area contributed by atoms with Gasteiger partial charge >= 0.3 is 0 Å². The number of benzene rings is 1. The van der Waals surface area contributed by atoms with Crippen LogP contribution in [0.25, 0.3) is 25.8 Å². The van der Waals surface area contributed by atoms with Crippen molar-refractivity contribution >= 4 is 43.7 Å². The molecule has 0 saturated heterocycles. The molecule has 3 aromatic rings. The Kier molecular flexibility index (Phi) is 7.18. The van der Waals surface area contributed by atoms with E-state index < -0.39 is 0 Å². The van der Waals surface area contributed by atoms with E-state index in [2.05, 4.69) is 29.1 Å². The predicted octanol–water partition coefficient (Wildman–Crippen LogP) is 6.19. The highest BCUT2D eigenvalue weighted by molar-refractivity contribution is 7.19. The summed E-state index contributed by atoms with van der Waals surface area (Å²) in [5.74, 6) is 0. The molecule has 8 nitrogen and oxygen atoms in total. The molecule has 0 aliphatic carbocycles. The van der Waals surface area contributed by atoms with Gasteiger partial charge < -0.3 is 14.6 Å². The largest absolute Gasteiger partial charge is 0.333 e. The van der Waals surface area contributed by atoms with Crippen LogP contribution in [0.15, 0.2) is 40.6 Å². The summed E-state index contributed by atoms with van der Waals surface area (Å²) in [7, 11) is 0. The third kappa shape index (κ3) is 4.84. The van der Waals surface area contributed by atoms with Crippen LogP contribution in [-0.4, -0.2) is 35.5 Å². The molecule has 0 saturated carbocycles. The lowest BCUT2D eigenvalue weighted by molar-refractivity contribution is 0.832. The van der Waals surface area contributed by atoms with Crippen molar-refractivity contribution in [1.29, 1.82) is 0 Å². The first-order valence-electron chi connectivity index (χ1n) is 8.91. The van der Waals surface area contributed by atoms with Gasteiger partial charge in [0.1, 0.15) is 5.69 Å². The highest BCUT2D eigenvalue weighted by Crippen LogP contribution is 2.42. The molecule has 0 fully saturated rings. The van der Waals surface area contributed by atoms with Gasteiger partial charge in [-0.25, -0.2) is 27.3 Å². The number of thiazole rings is 1. The summed E-state index contributed by atoms with van der Waals surface area (Å²) in [5, 5.41) is 10.4. The van der Waals surface area contributed by atoms with E-state index in [9.17, 15) is 0 Å². The Hall–Kier alpha value is -3.65. The monoisotopic (exact) mass is 432 g/mol. The van der Waals surface area contributed by atoms with Gasteiger partial charge in [0.05, 0.1) is 25.4 Å². The van der Waals surface area contributed by atoms with Crippen LogP contribution < -0.4 is 4.90 Å². The fraction of sp³-hybridized carbons (Fsp3) is 0.250. The molecule has 0 atom stereocenters. The lowest BCUT2D eigenvalue weighted by atomic mass is 10.2. The average molecular weight is 433 g/mol. The van der Waals surface area contributed by atoms with Crippen molar-refractivity contribution in [1.82, 2.24) is 9.36 Å². The zero-order chi connectivity index (χ0) is 21.3. The van der Waals surface area contributed by atoms with Gasteiger partial charge in [0, 0.05) is 5.56 Å². The Morgan fingerprint density at radius 3 is 2.30 bits per heavy atom. The first-order valence-corrected chi connectivity index (χ1v) is 10.5. The molecule has 0 amide bonds. The molecule has 148 valence electrons. The van der Waals surface area contributed by atoms with Crippen molar-refractivity contribution in [3.05, 3.63) is 70.3 Å². The Labute approximate surface area is 182 Å². The molecule has 0 unspecified atom stereocenters. The second-order valence-electron chi connectivity index (χ2n) is 6.00. The molecule has 2 aromatic heterocycles. The van der Waals surface area contributed by atoms with Crippen molar-refractivity contribution < 1.29 is 0 Å². The van der Waals surface area contributed by atoms with Crippen molar-refractivity contribution in [2.75, 3.05) is 31.1 Å². The zero-order valence-corrected chi connectivity index (χ0v) is 17.7. The van der Waals surface area contributed by atoms with E-state index in [0.29, 0.717) is 58.4 Å². The summed E-state index contributed by atoms with van der Waals surface area (Å²) < 4.78 is 4.18. The lowest BCUT2D eigenvalue weighted by Crippen LogP contribution is -2.28. The molecule has 0 N–H and O–H groups in total. The normalized spacial score (nSPS) is 10.5. The van der Waals surface area contributed by atoms with Gasteiger partial charge in [-0.15, -0.1) is 10.2 Å². The number of aryl methyl sites for hydroxylation is 1. The summed E-state index contributed by atoms with van der Waals surface area (Å²) in [4.78, 5) is 17.0. The first-order chi connectivity index (χ1) is 14.7. The number of hydrogen-bond acceptors (Lipinski definition) is 7. The van der Waals surface area contributed by atoms with Crippen LogP contribution in [0, 0.1) is 26.6 Å². The fourth-order valence-corrected chi connectivity index (χ4v) is 4.20. The Morgan fingerprint density at radius 1 is 1.00 bits per heavy atom.